The van der Waals surface area contributed by atoms with Gasteiger partial charge in [-0.3, -0.25) is 4.79 Å². The van der Waals surface area contributed by atoms with Crippen LogP contribution in [0.1, 0.15) is 49.3 Å². The highest BCUT2D eigenvalue weighted by Crippen LogP contribution is 2.32. The first-order valence-electron chi connectivity index (χ1n) is 7.92. The molecule has 0 saturated heterocycles. The first kappa shape index (κ1) is 14.5. The Morgan fingerprint density at radius 2 is 2.14 bits per heavy atom. The molecule has 1 saturated carbocycles. The van der Waals surface area contributed by atoms with Crippen LogP contribution in [0.2, 0.25) is 0 Å². The van der Waals surface area contributed by atoms with Crippen LogP contribution in [0.5, 0.6) is 0 Å². The molecule has 2 aliphatic carbocycles. The summed E-state index contributed by atoms with van der Waals surface area (Å²) in [6.07, 6.45) is 6.16. The van der Waals surface area contributed by atoms with Crippen molar-refractivity contribution in [1.29, 1.82) is 0 Å². The molecule has 1 fully saturated rings. The third-order valence-corrected chi connectivity index (χ3v) is 4.35. The molecule has 2 aliphatic rings. The highest BCUT2D eigenvalue weighted by Gasteiger charge is 2.28. The van der Waals surface area contributed by atoms with Crippen LogP contribution in [-0.4, -0.2) is 29.8 Å². The van der Waals surface area contributed by atoms with Crippen molar-refractivity contribution >= 4 is 5.97 Å². The zero-order valence-corrected chi connectivity index (χ0v) is 12.3. The van der Waals surface area contributed by atoms with E-state index in [0.717, 1.165) is 32.1 Å². The quantitative estimate of drug-likeness (QED) is 0.810. The molecule has 0 radical (unpaired) electrons. The average molecular weight is 289 g/mol. The van der Waals surface area contributed by atoms with Gasteiger partial charge < -0.3 is 15.2 Å². The zero-order valence-electron chi connectivity index (χ0n) is 12.3. The van der Waals surface area contributed by atoms with Crippen LogP contribution in [0, 0.1) is 0 Å². The lowest BCUT2D eigenvalue weighted by Gasteiger charge is -2.26. The van der Waals surface area contributed by atoms with E-state index in [1.807, 2.05) is 0 Å². The van der Waals surface area contributed by atoms with Crippen LogP contribution in [-0.2, 0) is 16.0 Å². The molecule has 3 rings (SSSR count). The van der Waals surface area contributed by atoms with Crippen molar-refractivity contribution in [1.82, 2.24) is 5.32 Å². The lowest BCUT2D eigenvalue weighted by Crippen LogP contribution is -2.39. The minimum Gasteiger partial charge on any atom is -0.480 e. The molecular formula is C17H23NO3. The van der Waals surface area contributed by atoms with Crippen molar-refractivity contribution in [3.05, 3.63) is 35.4 Å². The van der Waals surface area contributed by atoms with Gasteiger partial charge in [0.25, 0.3) is 0 Å². The normalized spacial score (nSPS) is 22.6. The number of fused-ring (bicyclic) bond motifs is 1. The van der Waals surface area contributed by atoms with Gasteiger partial charge in [-0.1, -0.05) is 24.3 Å². The third kappa shape index (κ3) is 3.83. The second-order valence-electron chi connectivity index (χ2n) is 6.07. The van der Waals surface area contributed by atoms with Gasteiger partial charge >= 0.3 is 5.97 Å². The summed E-state index contributed by atoms with van der Waals surface area (Å²) < 4.78 is 5.99. The predicted molar refractivity (Wildman–Crippen MR) is 80.3 cm³/mol. The molecule has 0 aliphatic heterocycles. The Labute approximate surface area is 125 Å². The first-order valence-corrected chi connectivity index (χ1v) is 7.92. The van der Waals surface area contributed by atoms with Crippen molar-refractivity contribution in [2.24, 2.45) is 0 Å². The number of ether oxygens (including phenoxy) is 1. The number of nitrogens with one attached hydrogen (secondary N) is 1. The fourth-order valence-electron chi connectivity index (χ4n) is 3.02. The molecule has 21 heavy (non-hydrogen) atoms. The fraction of sp³-hybridized carbons (Fsp3) is 0.588. The molecule has 0 amide bonds. The van der Waals surface area contributed by atoms with E-state index < -0.39 is 12.0 Å². The highest BCUT2D eigenvalue weighted by molar-refractivity contribution is 5.73. The van der Waals surface area contributed by atoms with E-state index in [4.69, 9.17) is 4.74 Å². The zero-order chi connectivity index (χ0) is 14.7. The standard InChI is InChI=1S/C17H23NO3/c19-17(20)15(18-13-8-9-13)10-11-21-16-7-3-5-12-4-1-2-6-14(12)16/h1-2,4,6,13,15-16,18H,3,5,7-11H2,(H,19,20). The Bertz CT molecular complexity index is 499. The average Bonchev–Trinajstić information content (AvgIpc) is 3.30. The minimum atomic E-state index is -0.769. The summed E-state index contributed by atoms with van der Waals surface area (Å²) in [6.45, 7) is 0.496. The van der Waals surface area contributed by atoms with Crippen molar-refractivity contribution in [3.63, 3.8) is 0 Å². The molecule has 1 aromatic rings. The molecule has 1 aromatic carbocycles. The lowest BCUT2D eigenvalue weighted by atomic mass is 9.89. The largest absolute Gasteiger partial charge is 0.480 e. The predicted octanol–water partition coefficient (Wildman–Crippen LogP) is 2.68. The Hall–Kier alpha value is -1.39. The molecule has 2 atom stereocenters. The van der Waals surface area contributed by atoms with Gasteiger partial charge in [0.1, 0.15) is 6.04 Å². The van der Waals surface area contributed by atoms with Gasteiger partial charge in [0, 0.05) is 12.6 Å². The van der Waals surface area contributed by atoms with Crippen LogP contribution in [0.25, 0.3) is 0 Å². The maximum atomic E-state index is 11.2. The topological polar surface area (TPSA) is 58.6 Å². The van der Waals surface area contributed by atoms with Crippen LogP contribution in [0.15, 0.2) is 24.3 Å². The van der Waals surface area contributed by atoms with Crippen LogP contribution >= 0.6 is 0 Å². The van der Waals surface area contributed by atoms with E-state index in [0.29, 0.717) is 19.1 Å². The smallest absolute Gasteiger partial charge is 0.320 e. The van der Waals surface area contributed by atoms with Crippen molar-refractivity contribution < 1.29 is 14.6 Å². The van der Waals surface area contributed by atoms with Gasteiger partial charge in [-0.05, 0) is 49.7 Å². The number of carboxylic acid groups (broad SMARTS) is 1. The number of hydrogen-bond donors (Lipinski definition) is 2. The number of aryl methyl sites for hydroxylation is 1. The van der Waals surface area contributed by atoms with E-state index in [1.54, 1.807) is 0 Å². The number of carbonyl (C=O) groups is 1. The van der Waals surface area contributed by atoms with Crippen molar-refractivity contribution in [3.8, 4) is 0 Å². The van der Waals surface area contributed by atoms with Gasteiger partial charge in [-0.25, -0.2) is 0 Å². The molecule has 0 heterocycles. The molecule has 4 nitrogen and oxygen atoms in total. The molecule has 114 valence electrons. The molecule has 0 spiro atoms. The van der Waals surface area contributed by atoms with E-state index in [1.165, 1.54) is 11.1 Å². The SMILES string of the molecule is O=C(O)C(CCOC1CCCc2ccccc21)NC1CC1. The maximum absolute atomic E-state index is 11.2. The van der Waals surface area contributed by atoms with E-state index in [2.05, 4.69) is 29.6 Å². The number of benzene rings is 1. The first-order chi connectivity index (χ1) is 10.2. The van der Waals surface area contributed by atoms with Gasteiger partial charge in [0.05, 0.1) is 6.10 Å². The van der Waals surface area contributed by atoms with Crippen molar-refractivity contribution in [2.45, 2.75) is 56.7 Å². The Kier molecular flexibility index (Phi) is 4.56. The molecule has 0 bridgehead atoms. The number of carboxylic acids is 1. The summed E-state index contributed by atoms with van der Waals surface area (Å²) in [5, 5.41) is 12.4. The van der Waals surface area contributed by atoms with Gasteiger partial charge in [-0.2, -0.15) is 0 Å². The monoisotopic (exact) mass is 289 g/mol. The second-order valence-corrected chi connectivity index (χ2v) is 6.07. The summed E-state index contributed by atoms with van der Waals surface area (Å²) >= 11 is 0. The molecular weight excluding hydrogens is 266 g/mol. The minimum absolute atomic E-state index is 0.130. The Morgan fingerprint density at radius 1 is 1.33 bits per heavy atom. The van der Waals surface area contributed by atoms with Gasteiger partial charge in [0.15, 0.2) is 0 Å². The fourth-order valence-corrected chi connectivity index (χ4v) is 3.02. The van der Waals surface area contributed by atoms with Crippen LogP contribution in [0.3, 0.4) is 0 Å². The van der Waals surface area contributed by atoms with Crippen LogP contribution in [0.4, 0.5) is 0 Å². The lowest BCUT2D eigenvalue weighted by molar-refractivity contribution is -0.140. The van der Waals surface area contributed by atoms with E-state index in [9.17, 15) is 9.90 Å². The van der Waals surface area contributed by atoms with E-state index >= 15 is 0 Å². The second kappa shape index (κ2) is 6.58. The highest BCUT2D eigenvalue weighted by atomic mass is 16.5. The summed E-state index contributed by atoms with van der Waals surface area (Å²) in [5.41, 5.74) is 2.66. The summed E-state index contributed by atoms with van der Waals surface area (Å²) in [4.78, 5) is 11.2. The van der Waals surface area contributed by atoms with Gasteiger partial charge in [0.2, 0.25) is 0 Å². The van der Waals surface area contributed by atoms with Crippen LogP contribution < -0.4 is 5.32 Å². The number of aliphatic carboxylic acids is 1. The Balaban J connectivity index is 1.52. The van der Waals surface area contributed by atoms with Crippen molar-refractivity contribution in [2.75, 3.05) is 6.61 Å². The number of rotatable bonds is 7. The maximum Gasteiger partial charge on any atom is 0.320 e. The Morgan fingerprint density at radius 3 is 2.90 bits per heavy atom. The third-order valence-electron chi connectivity index (χ3n) is 4.35. The summed E-state index contributed by atoms with van der Waals surface area (Å²) in [5.74, 6) is -0.769. The molecule has 0 aromatic heterocycles. The molecule has 2 N–H and O–H groups in total. The van der Waals surface area contributed by atoms with Gasteiger partial charge in [-0.15, -0.1) is 0 Å². The molecule has 4 heteroatoms. The summed E-state index contributed by atoms with van der Waals surface area (Å²) in [7, 11) is 0. The molecule has 2 unspecified atom stereocenters. The summed E-state index contributed by atoms with van der Waals surface area (Å²) in [6, 6.07) is 8.35. The van der Waals surface area contributed by atoms with E-state index in [-0.39, 0.29) is 6.10 Å². The number of hydrogen-bond acceptors (Lipinski definition) is 3.